The third kappa shape index (κ3) is 4.96. The fourth-order valence-electron chi connectivity index (χ4n) is 3.92. The molecule has 2 aromatic carbocycles. The predicted octanol–water partition coefficient (Wildman–Crippen LogP) is 4.91. The lowest BCUT2D eigenvalue weighted by atomic mass is 9.93. The van der Waals surface area contributed by atoms with Crippen molar-refractivity contribution in [1.82, 2.24) is 9.80 Å². The topological polar surface area (TPSA) is 65.4 Å². The Hall–Kier alpha value is -1.90. The van der Waals surface area contributed by atoms with Crippen molar-refractivity contribution >= 4 is 49.4 Å². The van der Waals surface area contributed by atoms with Crippen molar-refractivity contribution in [2.75, 3.05) is 32.7 Å². The number of aliphatic imine (C=N–C) groups is 1. The zero-order valence-electron chi connectivity index (χ0n) is 17.6. The Bertz CT molecular complexity index is 1030. The molecule has 0 aliphatic carbocycles. The number of amidine groups is 1. The van der Waals surface area contributed by atoms with Crippen molar-refractivity contribution in [1.29, 1.82) is 0 Å². The van der Waals surface area contributed by atoms with Crippen LogP contribution in [0.5, 0.6) is 5.75 Å². The first-order chi connectivity index (χ1) is 14.7. The molecule has 0 unspecified atom stereocenters. The molecule has 6 nitrogen and oxygen atoms in total. The summed E-state index contributed by atoms with van der Waals surface area (Å²) in [7, 11) is 0. The number of nitrogens with zero attached hydrogens (tertiary/aromatic N) is 3. The molecule has 0 saturated carbocycles. The highest BCUT2D eigenvalue weighted by Gasteiger charge is 2.32. The lowest BCUT2D eigenvalue weighted by Gasteiger charge is -2.39. The maximum Gasteiger partial charge on any atom is 0.310 e. The summed E-state index contributed by atoms with van der Waals surface area (Å²) in [6, 6.07) is 12.1. The van der Waals surface area contributed by atoms with Gasteiger partial charge in [-0.1, -0.05) is 31.9 Å². The molecule has 0 spiro atoms. The second-order valence-corrected chi connectivity index (χ2v) is 10.4. The van der Waals surface area contributed by atoms with Crippen LogP contribution in [-0.2, 0) is 11.4 Å². The summed E-state index contributed by atoms with van der Waals surface area (Å²) in [5, 5.41) is 9.46. The van der Waals surface area contributed by atoms with E-state index in [9.17, 15) is 9.90 Å². The summed E-state index contributed by atoms with van der Waals surface area (Å²) in [6.45, 7) is 7.73. The molecule has 2 aliphatic heterocycles. The van der Waals surface area contributed by atoms with E-state index in [1.165, 1.54) is 0 Å². The van der Waals surface area contributed by atoms with Crippen LogP contribution in [0.15, 0.2) is 50.3 Å². The van der Waals surface area contributed by atoms with Gasteiger partial charge in [-0.05, 0) is 50.2 Å². The van der Waals surface area contributed by atoms with Crippen LogP contribution < -0.4 is 4.74 Å². The highest BCUT2D eigenvalue weighted by atomic mass is 79.9. The smallest absolute Gasteiger partial charge is 0.310 e. The molecule has 31 heavy (non-hydrogen) atoms. The normalized spacial score (nSPS) is 17.0. The number of carboxylic acid groups (broad SMARTS) is 1. The summed E-state index contributed by atoms with van der Waals surface area (Å²) < 4.78 is 8.02. The van der Waals surface area contributed by atoms with Crippen LogP contribution in [0.2, 0.25) is 0 Å². The van der Waals surface area contributed by atoms with Gasteiger partial charge in [0.25, 0.3) is 0 Å². The van der Waals surface area contributed by atoms with Crippen LogP contribution in [-0.4, -0.2) is 59.4 Å². The van der Waals surface area contributed by atoms with Gasteiger partial charge >= 0.3 is 5.97 Å². The molecule has 0 atom stereocenters. The number of hydrogen-bond donors (Lipinski definition) is 1. The third-order valence-corrected chi connectivity index (χ3v) is 6.69. The van der Waals surface area contributed by atoms with Gasteiger partial charge in [0.05, 0.1) is 5.41 Å². The van der Waals surface area contributed by atoms with Gasteiger partial charge in [-0.15, -0.1) is 0 Å². The average molecular weight is 551 g/mol. The molecule has 1 saturated heterocycles. The van der Waals surface area contributed by atoms with Gasteiger partial charge in [0.2, 0.25) is 0 Å². The number of carboxylic acids is 1. The Morgan fingerprint density at radius 2 is 1.77 bits per heavy atom. The van der Waals surface area contributed by atoms with Crippen LogP contribution in [0.4, 0.5) is 5.69 Å². The Kier molecular flexibility index (Phi) is 6.42. The number of piperazine rings is 1. The monoisotopic (exact) mass is 549 g/mol. The van der Waals surface area contributed by atoms with E-state index >= 15 is 0 Å². The second kappa shape index (κ2) is 8.92. The molecule has 1 fully saturated rings. The zero-order chi connectivity index (χ0) is 22.2. The number of aliphatic carboxylic acids is 1. The van der Waals surface area contributed by atoms with Crippen LogP contribution in [0.3, 0.4) is 0 Å². The molecule has 164 valence electrons. The van der Waals surface area contributed by atoms with E-state index < -0.39 is 11.4 Å². The minimum Gasteiger partial charge on any atom is -0.487 e. The van der Waals surface area contributed by atoms with Crippen molar-refractivity contribution < 1.29 is 14.6 Å². The van der Waals surface area contributed by atoms with E-state index in [1.54, 1.807) is 13.8 Å². The molecule has 1 N–H and O–H groups in total. The van der Waals surface area contributed by atoms with Crippen LogP contribution in [0, 0.1) is 5.41 Å². The zero-order valence-corrected chi connectivity index (χ0v) is 20.7. The first-order valence-corrected chi connectivity index (χ1v) is 11.8. The van der Waals surface area contributed by atoms with Gasteiger partial charge in [-0.25, -0.2) is 4.99 Å². The number of hydrogen-bond acceptors (Lipinski definition) is 5. The van der Waals surface area contributed by atoms with E-state index in [0.29, 0.717) is 13.2 Å². The van der Waals surface area contributed by atoms with Crippen LogP contribution in [0.1, 0.15) is 25.0 Å². The molecule has 0 aromatic heterocycles. The summed E-state index contributed by atoms with van der Waals surface area (Å²) in [5.74, 6) is 0.927. The standard InChI is InChI=1S/C23H25Br2N3O3/c1-23(2,22(29)30)14-27-7-9-28(10-8-27)21-18-5-3-16(24)11-15(18)13-31-20-6-4-17(25)12-19(20)26-21/h3-6,11-12H,7-10,13-14H2,1-2H3,(H,29,30). The number of ether oxygens (including phenoxy) is 1. The highest BCUT2D eigenvalue weighted by molar-refractivity contribution is 9.10. The first-order valence-electron chi connectivity index (χ1n) is 10.2. The minimum atomic E-state index is -0.763. The maximum atomic E-state index is 11.5. The van der Waals surface area contributed by atoms with E-state index in [2.05, 4.69) is 53.8 Å². The van der Waals surface area contributed by atoms with Gasteiger partial charge in [0.1, 0.15) is 23.9 Å². The predicted molar refractivity (Wildman–Crippen MR) is 128 cm³/mol. The Morgan fingerprint density at radius 1 is 1.10 bits per heavy atom. The maximum absolute atomic E-state index is 11.5. The molecule has 8 heteroatoms. The Balaban J connectivity index is 1.64. The van der Waals surface area contributed by atoms with Gasteiger partial charge in [-0.2, -0.15) is 0 Å². The van der Waals surface area contributed by atoms with E-state index in [1.807, 2.05) is 24.3 Å². The summed E-state index contributed by atoms with van der Waals surface area (Å²) in [5.41, 5.74) is 2.18. The molecule has 2 aromatic rings. The van der Waals surface area contributed by atoms with Crippen molar-refractivity contribution in [3.63, 3.8) is 0 Å². The van der Waals surface area contributed by atoms with Crippen molar-refractivity contribution in [2.45, 2.75) is 20.5 Å². The van der Waals surface area contributed by atoms with Crippen molar-refractivity contribution in [3.8, 4) is 5.75 Å². The van der Waals surface area contributed by atoms with Crippen LogP contribution in [0.25, 0.3) is 0 Å². The van der Waals surface area contributed by atoms with E-state index in [-0.39, 0.29) is 0 Å². The molecule has 2 aliphatic rings. The largest absolute Gasteiger partial charge is 0.487 e. The molecular formula is C23H25Br2N3O3. The number of halogens is 2. The minimum absolute atomic E-state index is 0.467. The molecular weight excluding hydrogens is 526 g/mol. The number of rotatable bonds is 3. The fourth-order valence-corrected chi connectivity index (χ4v) is 4.67. The van der Waals surface area contributed by atoms with E-state index in [0.717, 1.165) is 63.5 Å². The average Bonchev–Trinajstić information content (AvgIpc) is 2.71. The molecule has 0 radical (unpaired) electrons. The quantitative estimate of drug-likeness (QED) is 0.588. The van der Waals surface area contributed by atoms with Gasteiger partial charge in [0.15, 0.2) is 0 Å². The number of fused-ring (bicyclic) bond motifs is 2. The molecule has 0 bridgehead atoms. The molecule has 2 heterocycles. The Labute approximate surface area is 199 Å². The summed E-state index contributed by atoms with van der Waals surface area (Å²) >= 11 is 7.11. The first kappa shape index (κ1) is 22.3. The highest BCUT2D eigenvalue weighted by Crippen LogP contribution is 2.35. The summed E-state index contributed by atoms with van der Waals surface area (Å²) in [6.07, 6.45) is 0. The SMILES string of the molecule is CC(C)(CN1CCN(C2=Nc3cc(Br)ccc3OCc3cc(Br)ccc32)CC1)C(=O)O. The fraction of sp³-hybridized carbons (Fsp3) is 0.391. The lowest BCUT2D eigenvalue weighted by Crippen LogP contribution is -2.52. The van der Waals surface area contributed by atoms with Crippen molar-refractivity contribution in [3.05, 3.63) is 56.5 Å². The third-order valence-electron chi connectivity index (χ3n) is 5.71. The van der Waals surface area contributed by atoms with E-state index in [4.69, 9.17) is 9.73 Å². The van der Waals surface area contributed by atoms with Gasteiger partial charge < -0.3 is 14.7 Å². The van der Waals surface area contributed by atoms with Crippen LogP contribution >= 0.6 is 31.9 Å². The van der Waals surface area contributed by atoms with Gasteiger partial charge in [-0.3, -0.25) is 9.69 Å². The molecule has 4 rings (SSSR count). The summed E-state index contributed by atoms with van der Waals surface area (Å²) in [4.78, 5) is 21.1. The molecule has 0 amide bonds. The van der Waals surface area contributed by atoms with Crippen molar-refractivity contribution in [2.24, 2.45) is 10.4 Å². The lowest BCUT2D eigenvalue weighted by molar-refractivity contribution is -0.148. The number of carbonyl (C=O) groups is 1. The number of benzene rings is 2. The van der Waals surface area contributed by atoms with Gasteiger partial charge in [0, 0.05) is 52.8 Å². The Morgan fingerprint density at radius 3 is 2.48 bits per heavy atom. The second-order valence-electron chi connectivity index (χ2n) is 8.59.